The van der Waals surface area contributed by atoms with Crippen molar-refractivity contribution in [3.63, 3.8) is 0 Å². The molecule has 4 aromatic rings. The van der Waals surface area contributed by atoms with Gasteiger partial charge in [-0.25, -0.2) is 23.7 Å². The van der Waals surface area contributed by atoms with Crippen LogP contribution in [0.3, 0.4) is 0 Å². The smallest absolute Gasteiger partial charge is 0.227 e. The lowest BCUT2D eigenvalue weighted by atomic mass is 10.1. The van der Waals surface area contributed by atoms with Crippen LogP contribution in [-0.4, -0.2) is 62.5 Å². The summed E-state index contributed by atoms with van der Waals surface area (Å²) in [5, 5.41) is 3.60. The van der Waals surface area contributed by atoms with Crippen LogP contribution in [0.15, 0.2) is 36.5 Å². The van der Waals surface area contributed by atoms with Crippen molar-refractivity contribution in [1.82, 2.24) is 29.3 Å². The maximum atomic E-state index is 15.0. The zero-order chi connectivity index (χ0) is 26.3. The van der Waals surface area contributed by atoms with E-state index in [2.05, 4.69) is 37.1 Å². The fourth-order valence-corrected chi connectivity index (χ4v) is 5.08. The molecule has 0 atom stereocenters. The molecule has 1 N–H and O–H groups in total. The number of piperazine rings is 1. The SMILES string of the molecule is Cc1nc2c(F)cc(-c3nc(Nc4ccc(CN5CCN(C)CC5)cc4Cl)ncc3F)cc2n1C(C)C. The predicted octanol–water partition coefficient (Wildman–Crippen LogP) is 5.81. The van der Waals surface area contributed by atoms with Gasteiger partial charge in [0.15, 0.2) is 11.6 Å². The van der Waals surface area contributed by atoms with E-state index in [9.17, 15) is 8.78 Å². The van der Waals surface area contributed by atoms with Crippen LogP contribution in [0.2, 0.25) is 5.02 Å². The highest BCUT2D eigenvalue weighted by atomic mass is 35.5. The Morgan fingerprint density at radius 3 is 2.49 bits per heavy atom. The molecule has 0 saturated carbocycles. The van der Waals surface area contributed by atoms with E-state index in [1.165, 1.54) is 6.07 Å². The van der Waals surface area contributed by atoms with Gasteiger partial charge in [-0.1, -0.05) is 17.7 Å². The van der Waals surface area contributed by atoms with Gasteiger partial charge in [0.05, 0.1) is 22.4 Å². The molecule has 1 fully saturated rings. The van der Waals surface area contributed by atoms with Gasteiger partial charge in [-0.2, -0.15) is 0 Å². The van der Waals surface area contributed by atoms with Gasteiger partial charge in [0.25, 0.3) is 0 Å². The van der Waals surface area contributed by atoms with E-state index in [4.69, 9.17) is 11.6 Å². The highest BCUT2D eigenvalue weighted by Crippen LogP contribution is 2.31. The molecule has 194 valence electrons. The number of imidazole rings is 1. The minimum absolute atomic E-state index is 0.00438. The molecule has 2 aromatic heterocycles. The third kappa shape index (κ3) is 5.30. The Kier molecular flexibility index (Phi) is 7.11. The lowest BCUT2D eigenvalue weighted by molar-refractivity contribution is 0.148. The highest BCUT2D eigenvalue weighted by molar-refractivity contribution is 6.33. The summed E-state index contributed by atoms with van der Waals surface area (Å²) in [5.41, 5.74) is 2.87. The van der Waals surface area contributed by atoms with Gasteiger partial charge in [-0.15, -0.1) is 0 Å². The molecule has 0 aliphatic carbocycles. The number of hydrogen-bond acceptors (Lipinski definition) is 6. The maximum Gasteiger partial charge on any atom is 0.227 e. The van der Waals surface area contributed by atoms with Gasteiger partial charge in [-0.3, -0.25) is 4.90 Å². The zero-order valence-electron chi connectivity index (χ0n) is 21.4. The number of nitrogens with zero attached hydrogens (tertiary/aromatic N) is 6. The van der Waals surface area contributed by atoms with E-state index >= 15 is 0 Å². The molecule has 0 spiro atoms. The van der Waals surface area contributed by atoms with Gasteiger partial charge in [-0.05, 0) is 57.6 Å². The molecule has 0 unspecified atom stereocenters. The normalized spacial score (nSPS) is 15.1. The first-order chi connectivity index (χ1) is 17.7. The second-order valence-corrected chi connectivity index (χ2v) is 10.3. The fraction of sp³-hybridized carbons (Fsp3) is 0.370. The third-order valence-electron chi connectivity index (χ3n) is 6.74. The molecular formula is C27H30ClF2N7. The van der Waals surface area contributed by atoms with E-state index < -0.39 is 11.6 Å². The second-order valence-electron chi connectivity index (χ2n) is 9.86. The summed E-state index contributed by atoms with van der Waals surface area (Å²) in [6, 6.07) is 8.84. The minimum Gasteiger partial charge on any atom is -0.326 e. The molecular weight excluding hydrogens is 496 g/mol. The average molecular weight is 526 g/mol. The second kappa shape index (κ2) is 10.3. The Labute approximate surface area is 220 Å². The van der Waals surface area contributed by atoms with E-state index in [0.29, 0.717) is 27.6 Å². The predicted molar refractivity (Wildman–Crippen MR) is 143 cm³/mol. The van der Waals surface area contributed by atoms with Gasteiger partial charge in [0.2, 0.25) is 5.95 Å². The molecule has 1 saturated heterocycles. The Balaban J connectivity index is 1.41. The van der Waals surface area contributed by atoms with Crippen molar-refractivity contribution in [2.24, 2.45) is 0 Å². The number of nitrogens with one attached hydrogen (secondary N) is 1. The number of aromatic nitrogens is 4. The van der Waals surface area contributed by atoms with Gasteiger partial charge < -0.3 is 14.8 Å². The number of halogens is 3. The van der Waals surface area contributed by atoms with Crippen LogP contribution in [-0.2, 0) is 6.54 Å². The topological polar surface area (TPSA) is 62.1 Å². The molecule has 37 heavy (non-hydrogen) atoms. The van der Waals surface area contributed by atoms with E-state index in [1.54, 1.807) is 6.07 Å². The van der Waals surface area contributed by atoms with E-state index in [1.807, 2.05) is 43.5 Å². The van der Waals surface area contributed by atoms with Crippen molar-refractivity contribution in [2.45, 2.75) is 33.4 Å². The number of rotatable bonds is 6. The van der Waals surface area contributed by atoms with Crippen LogP contribution in [0, 0.1) is 18.6 Å². The summed E-state index contributed by atoms with van der Waals surface area (Å²) in [6.07, 6.45) is 1.08. The summed E-state index contributed by atoms with van der Waals surface area (Å²) in [5.74, 6) is -0.316. The van der Waals surface area contributed by atoms with Gasteiger partial charge in [0, 0.05) is 44.3 Å². The quantitative estimate of drug-likeness (QED) is 0.343. The lowest BCUT2D eigenvalue weighted by Gasteiger charge is -2.32. The number of likely N-dealkylation sites (N-methyl/N-ethyl adjacent to an activating group) is 1. The molecule has 7 nitrogen and oxygen atoms in total. The maximum absolute atomic E-state index is 15.0. The van der Waals surface area contributed by atoms with Crippen LogP contribution < -0.4 is 5.32 Å². The first kappa shape index (κ1) is 25.5. The minimum atomic E-state index is -0.648. The molecule has 3 heterocycles. The Morgan fingerprint density at radius 2 is 1.78 bits per heavy atom. The Bertz CT molecular complexity index is 1440. The standard InChI is InChI=1S/C27H30ClF2N7/c1-16(2)37-17(3)32-26-21(29)12-19(13-24(26)37)25-22(30)14-31-27(34-25)33-23-6-5-18(11-20(23)28)15-36-9-7-35(4)8-10-36/h5-6,11-14,16H,7-10,15H2,1-4H3,(H,31,33,34). The lowest BCUT2D eigenvalue weighted by Crippen LogP contribution is -2.43. The van der Waals surface area contributed by atoms with Crippen LogP contribution in [0.5, 0.6) is 0 Å². The van der Waals surface area contributed by atoms with Crippen molar-refractivity contribution in [1.29, 1.82) is 0 Å². The number of fused-ring (bicyclic) bond motifs is 1. The zero-order valence-corrected chi connectivity index (χ0v) is 22.2. The average Bonchev–Trinajstić information content (AvgIpc) is 3.20. The number of anilines is 2. The van der Waals surface area contributed by atoms with Crippen molar-refractivity contribution in [3.8, 4) is 11.3 Å². The van der Waals surface area contributed by atoms with Crippen LogP contribution in [0.1, 0.15) is 31.3 Å². The molecule has 2 aromatic carbocycles. The largest absolute Gasteiger partial charge is 0.326 e. The highest BCUT2D eigenvalue weighted by Gasteiger charge is 2.19. The van der Waals surface area contributed by atoms with Crippen LogP contribution in [0.25, 0.3) is 22.3 Å². The molecule has 0 bridgehead atoms. The van der Waals surface area contributed by atoms with Crippen molar-refractivity contribution in [3.05, 3.63) is 64.6 Å². The van der Waals surface area contributed by atoms with Crippen molar-refractivity contribution in [2.75, 3.05) is 38.5 Å². The molecule has 0 radical (unpaired) electrons. The fourth-order valence-electron chi connectivity index (χ4n) is 4.83. The van der Waals surface area contributed by atoms with Crippen molar-refractivity contribution >= 4 is 34.3 Å². The van der Waals surface area contributed by atoms with Gasteiger partial charge in [0.1, 0.15) is 17.0 Å². The Morgan fingerprint density at radius 1 is 1.03 bits per heavy atom. The summed E-state index contributed by atoms with van der Waals surface area (Å²) >= 11 is 6.57. The molecule has 1 aliphatic heterocycles. The number of benzene rings is 2. The molecule has 1 aliphatic rings. The summed E-state index contributed by atoms with van der Waals surface area (Å²) < 4.78 is 31.7. The molecule has 5 rings (SSSR count). The summed E-state index contributed by atoms with van der Waals surface area (Å²) in [7, 11) is 2.13. The first-order valence-corrected chi connectivity index (χ1v) is 12.7. The van der Waals surface area contributed by atoms with Crippen LogP contribution in [0.4, 0.5) is 20.4 Å². The first-order valence-electron chi connectivity index (χ1n) is 12.4. The summed E-state index contributed by atoms with van der Waals surface area (Å²) in [6.45, 7) is 10.8. The molecule has 10 heteroatoms. The van der Waals surface area contributed by atoms with Crippen molar-refractivity contribution < 1.29 is 8.78 Å². The number of hydrogen-bond donors (Lipinski definition) is 1. The van der Waals surface area contributed by atoms with E-state index in [-0.39, 0.29) is 23.2 Å². The monoisotopic (exact) mass is 525 g/mol. The van der Waals surface area contributed by atoms with Gasteiger partial charge >= 0.3 is 0 Å². The molecule has 0 amide bonds. The number of aryl methyl sites for hydroxylation is 1. The Hall–Kier alpha value is -3.14. The van der Waals surface area contributed by atoms with E-state index in [0.717, 1.165) is 44.5 Å². The third-order valence-corrected chi connectivity index (χ3v) is 7.05. The summed E-state index contributed by atoms with van der Waals surface area (Å²) in [4.78, 5) is 17.5. The van der Waals surface area contributed by atoms with Crippen LogP contribution >= 0.6 is 11.6 Å².